The molecule has 1 heterocycles. The van der Waals surface area contributed by atoms with Crippen molar-refractivity contribution in [2.45, 2.75) is 25.8 Å². The molecular formula is C15H22FNO. The normalized spacial score (nSPS) is 17.3. The van der Waals surface area contributed by atoms with Gasteiger partial charge in [0.05, 0.1) is 0 Å². The maximum atomic E-state index is 12.8. The summed E-state index contributed by atoms with van der Waals surface area (Å²) in [5.41, 5.74) is 1.17. The van der Waals surface area contributed by atoms with Crippen LogP contribution >= 0.6 is 0 Å². The number of nitrogens with zero attached hydrogens (tertiary/aromatic N) is 1. The molecule has 0 radical (unpaired) electrons. The molecule has 1 aromatic carbocycles. The highest BCUT2D eigenvalue weighted by Gasteiger charge is 2.14. The molecule has 0 N–H and O–H groups in total. The SMILES string of the molecule is CN(CCC1CCOCC1)Cc1ccc(F)cc1. The Kier molecular flexibility index (Phi) is 5.14. The van der Waals surface area contributed by atoms with Gasteiger partial charge in [-0.1, -0.05) is 12.1 Å². The lowest BCUT2D eigenvalue weighted by Crippen LogP contribution is -2.24. The monoisotopic (exact) mass is 251 g/mol. The fraction of sp³-hybridized carbons (Fsp3) is 0.600. The molecule has 0 aromatic heterocycles. The molecule has 0 amide bonds. The van der Waals surface area contributed by atoms with Crippen LogP contribution < -0.4 is 0 Å². The van der Waals surface area contributed by atoms with Crippen LogP contribution in [0, 0.1) is 11.7 Å². The van der Waals surface area contributed by atoms with Gasteiger partial charge in [-0.25, -0.2) is 4.39 Å². The first kappa shape index (κ1) is 13.5. The van der Waals surface area contributed by atoms with Crippen LogP contribution in [0.15, 0.2) is 24.3 Å². The quantitative estimate of drug-likeness (QED) is 0.797. The Bertz CT molecular complexity index is 346. The van der Waals surface area contributed by atoms with Crippen molar-refractivity contribution in [1.29, 1.82) is 0 Å². The molecule has 0 spiro atoms. The van der Waals surface area contributed by atoms with E-state index in [1.807, 2.05) is 12.1 Å². The molecule has 100 valence electrons. The highest BCUT2D eigenvalue weighted by molar-refractivity contribution is 5.15. The van der Waals surface area contributed by atoms with E-state index in [9.17, 15) is 4.39 Å². The van der Waals surface area contributed by atoms with Crippen molar-refractivity contribution < 1.29 is 9.13 Å². The Morgan fingerprint density at radius 3 is 2.56 bits per heavy atom. The summed E-state index contributed by atoms with van der Waals surface area (Å²) in [6, 6.07) is 6.78. The van der Waals surface area contributed by atoms with Crippen LogP contribution in [-0.2, 0) is 11.3 Å². The van der Waals surface area contributed by atoms with Crippen LogP contribution in [0.25, 0.3) is 0 Å². The van der Waals surface area contributed by atoms with E-state index in [2.05, 4.69) is 11.9 Å². The average molecular weight is 251 g/mol. The largest absolute Gasteiger partial charge is 0.381 e. The topological polar surface area (TPSA) is 12.5 Å². The molecule has 1 aliphatic heterocycles. The van der Waals surface area contributed by atoms with E-state index in [0.29, 0.717) is 0 Å². The minimum absolute atomic E-state index is 0.163. The standard InChI is InChI=1S/C15H22FNO/c1-17(9-6-13-7-10-18-11-8-13)12-14-2-4-15(16)5-3-14/h2-5,13H,6-12H2,1H3. The third kappa shape index (κ3) is 4.39. The van der Waals surface area contributed by atoms with Crippen LogP contribution in [0.1, 0.15) is 24.8 Å². The molecule has 1 aromatic rings. The number of rotatable bonds is 5. The summed E-state index contributed by atoms with van der Waals surface area (Å²) < 4.78 is 18.2. The molecule has 0 bridgehead atoms. The third-order valence-electron chi connectivity index (χ3n) is 3.63. The van der Waals surface area contributed by atoms with Crippen molar-refractivity contribution in [3.8, 4) is 0 Å². The first-order chi connectivity index (χ1) is 8.74. The van der Waals surface area contributed by atoms with E-state index >= 15 is 0 Å². The van der Waals surface area contributed by atoms with Gasteiger partial charge in [0, 0.05) is 19.8 Å². The third-order valence-corrected chi connectivity index (χ3v) is 3.63. The number of benzene rings is 1. The van der Waals surface area contributed by atoms with Crippen molar-refractivity contribution >= 4 is 0 Å². The molecular weight excluding hydrogens is 229 g/mol. The smallest absolute Gasteiger partial charge is 0.123 e. The Morgan fingerprint density at radius 2 is 1.89 bits per heavy atom. The molecule has 1 saturated heterocycles. The summed E-state index contributed by atoms with van der Waals surface area (Å²) in [5, 5.41) is 0. The van der Waals surface area contributed by atoms with Gasteiger partial charge in [0.25, 0.3) is 0 Å². The summed E-state index contributed by atoms with van der Waals surface area (Å²) in [4.78, 5) is 2.31. The van der Waals surface area contributed by atoms with Crippen molar-refractivity contribution in [3.05, 3.63) is 35.6 Å². The van der Waals surface area contributed by atoms with Gasteiger partial charge in [-0.2, -0.15) is 0 Å². The summed E-state index contributed by atoms with van der Waals surface area (Å²) in [5.74, 6) is 0.651. The molecule has 0 saturated carbocycles. The van der Waals surface area contributed by atoms with Crippen molar-refractivity contribution in [1.82, 2.24) is 4.90 Å². The molecule has 1 fully saturated rings. The Hall–Kier alpha value is -0.930. The maximum absolute atomic E-state index is 12.8. The van der Waals surface area contributed by atoms with Gasteiger partial charge in [-0.3, -0.25) is 0 Å². The predicted octanol–water partition coefficient (Wildman–Crippen LogP) is 3.07. The summed E-state index contributed by atoms with van der Waals surface area (Å²) >= 11 is 0. The van der Waals surface area contributed by atoms with E-state index in [1.54, 1.807) is 0 Å². The Morgan fingerprint density at radius 1 is 1.22 bits per heavy atom. The number of hydrogen-bond donors (Lipinski definition) is 0. The molecule has 3 heteroatoms. The molecule has 0 aliphatic carbocycles. The highest BCUT2D eigenvalue weighted by atomic mass is 19.1. The van der Waals surface area contributed by atoms with E-state index in [0.717, 1.165) is 32.2 Å². The van der Waals surface area contributed by atoms with Crippen LogP contribution in [0.2, 0.25) is 0 Å². The second-order valence-electron chi connectivity index (χ2n) is 5.21. The van der Waals surface area contributed by atoms with Crippen molar-refractivity contribution in [2.24, 2.45) is 5.92 Å². The summed E-state index contributed by atoms with van der Waals surface area (Å²) in [6.07, 6.45) is 3.63. The van der Waals surface area contributed by atoms with Gasteiger partial charge < -0.3 is 9.64 Å². The van der Waals surface area contributed by atoms with Crippen molar-refractivity contribution in [2.75, 3.05) is 26.8 Å². The average Bonchev–Trinajstić information content (AvgIpc) is 2.40. The minimum Gasteiger partial charge on any atom is -0.381 e. The van der Waals surface area contributed by atoms with Gasteiger partial charge in [0.2, 0.25) is 0 Å². The molecule has 0 atom stereocenters. The maximum Gasteiger partial charge on any atom is 0.123 e. The Labute approximate surface area is 109 Å². The van der Waals surface area contributed by atoms with E-state index in [1.165, 1.54) is 37.0 Å². The lowest BCUT2D eigenvalue weighted by Gasteiger charge is -2.24. The van der Waals surface area contributed by atoms with Gasteiger partial charge in [-0.05, 0) is 56.5 Å². The van der Waals surface area contributed by atoms with Gasteiger partial charge >= 0.3 is 0 Å². The zero-order chi connectivity index (χ0) is 12.8. The Balaban J connectivity index is 1.71. The molecule has 1 aliphatic rings. The van der Waals surface area contributed by atoms with Crippen LogP contribution in [0.5, 0.6) is 0 Å². The fourth-order valence-corrected chi connectivity index (χ4v) is 2.42. The lowest BCUT2D eigenvalue weighted by atomic mass is 9.96. The number of ether oxygens (including phenoxy) is 1. The van der Waals surface area contributed by atoms with E-state index < -0.39 is 0 Å². The lowest BCUT2D eigenvalue weighted by molar-refractivity contribution is 0.0608. The van der Waals surface area contributed by atoms with E-state index in [-0.39, 0.29) is 5.82 Å². The second kappa shape index (κ2) is 6.86. The molecule has 2 rings (SSSR count). The van der Waals surface area contributed by atoms with E-state index in [4.69, 9.17) is 4.74 Å². The summed E-state index contributed by atoms with van der Waals surface area (Å²) in [6.45, 7) is 3.84. The first-order valence-electron chi connectivity index (χ1n) is 6.75. The molecule has 0 unspecified atom stereocenters. The first-order valence-corrected chi connectivity index (χ1v) is 6.75. The fourth-order valence-electron chi connectivity index (χ4n) is 2.42. The summed E-state index contributed by atoms with van der Waals surface area (Å²) in [7, 11) is 2.13. The van der Waals surface area contributed by atoms with Gasteiger partial charge in [0.1, 0.15) is 5.82 Å². The van der Waals surface area contributed by atoms with Crippen molar-refractivity contribution in [3.63, 3.8) is 0 Å². The highest BCUT2D eigenvalue weighted by Crippen LogP contribution is 2.18. The number of hydrogen-bond acceptors (Lipinski definition) is 2. The number of halogens is 1. The zero-order valence-corrected chi connectivity index (χ0v) is 11.1. The van der Waals surface area contributed by atoms with Crippen LogP contribution in [0.3, 0.4) is 0 Å². The van der Waals surface area contributed by atoms with Gasteiger partial charge in [-0.15, -0.1) is 0 Å². The minimum atomic E-state index is -0.163. The van der Waals surface area contributed by atoms with Crippen LogP contribution in [0.4, 0.5) is 4.39 Å². The second-order valence-corrected chi connectivity index (χ2v) is 5.21. The van der Waals surface area contributed by atoms with Gasteiger partial charge in [0.15, 0.2) is 0 Å². The predicted molar refractivity (Wildman–Crippen MR) is 70.9 cm³/mol. The zero-order valence-electron chi connectivity index (χ0n) is 11.1. The molecule has 18 heavy (non-hydrogen) atoms. The molecule has 2 nitrogen and oxygen atoms in total. The van der Waals surface area contributed by atoms with Crippen LogP contribution in [-0.4, -0.2) is 31.7 Å².